The van der Waals surface area contributed by atoms with Gasteiger partial charge < -0.3 is 15.1 Å². The third-order valence-corrected chi connectivity index (χ3v) is 4.19. The molecule has 0 bridgehead atoms. The lowest BCUT2D eigenvalue weighted by Crippen LogP contribution is -2.43. The lowest BCUT2D eigenvalue weighted by molar-refractivity contribution is 0.0550. The molecule has 0 spiro atoms. The summed E-state index contributed by atoms with van der Waals surface area (Å²) in [5.74, 6) is -0.763. The van der Waals surface area contributed by atoms with Gasteiger partial charge in [-0.15, -0.1) is 0 Å². The van der Waals surface area contributed by atoms with Gasteiger partial charge in [-0.3, -0.25) is 14.5 Å². The highest BCUT2D eigenvalue weighted by atomic mass is 16.3. The Kier molecular flexibility index (Phi) is 5.11. The topological polar surface area (TPSA) is 81.1 Å². The number of aliphatic hydroxyl groups excluding tert-OH is 2. The van der Waals surface area contributed by atoms with Crippen molar-refractivity contribution < 1.29 is 19.8 Å². The van der Waals surface area contributed by atoms with Gasteiger partial charge in [0, 0.05) is 18.8 Å². The summed E-state index contributed by atoms with van der Waals surface area (Å²) in [6.07, 6.45) is -0.922. The molecule has 2 aromatic carbocycles. The monoisotopic (exact) mass is 340 g/mol. The molecule has 0 aromatic heterocycles. The fourth-order valence-corrected chi connectivity index (χ4v) is 3.01. The average molecular weight is 340 g/mol. The van der Waals surface area contributed by atoms with Crippen LogP contribution in [0.3, 0.4) is 0 Å². The van der Waals surface area contributed by atoms with Gasteiger partial charge in [0.15, 0.2) is 0 Å². The van der Waals surface area contributed by atoms with Crippen molar-refractivity contribution in [3.05, 3.63) is 65.7 Å². The number of fused-ring (bicyclic) bond motifs is 1. The Hall–Kier alpha value is -2.70. The molecule has 1 heterocycles. The molecule has 0 saturated heterocycles. The Morgan fingerprint density at radius 1 is 0.920 bits per heavy atom. The second-order valence-corrected chi connectivity index (χ2v) is 5.93. The first-order valence-corrected chi connectivity index (χ1v) is 8.16. The maximum absolute atomic E-state index is 12.4. The Balaban J connectivity index is 1.69. The summed E-state index contributed by atoms with van der Waals surface area (Å²) < 4.78 is 0. The van der Waals surface area contributed by atoms with Crippen LogP contribution in [0.15, 0.2) is 54.6 Å². The van der Waals surface area contributed by atoms with E-state index in [0.29, 0.717) is 17.7 Å². The van der Waals surface area contributed by atoms with Crippen LogP contribution in [0.2, 0.25) is 0 Å². The maximum atomic E-state index is 12.4. The summed E-state index contributed by atoms with van der Waals surface area (Å²) in [7, 11) is 0. The molecule has 6 heteroatoms. The highest BCUT2D eigenvalue weighted by Crippen LogP contribution is 2.23. The number of aliphatic hydroxyl groups is 2. The quantitative estimate of drug-likeness (QED) is 0.739. The molecule has 1 aliphatic heterocycles. The normalized spacial score (nSPS) is 14.6. The third kappa shape index (κ3) is 3.55. The minimum absolute atomic E-state index is 0.0609. The van der Waals surface area contributed by atoms with Gasteiger partial charge in [0.05, 0.1) is 30.4 Å². The number of β-amino-alcohol motifs (C(OH)–C–C–N with tert-alkyl or cyclic N) is 1. The smallest absolute Gasteiger partial charge is 0.261 e. The van der Waals surface area contributed by atoms with Crippen LogP contribution in [0.25, 0.3) is 0 Å². The van der Waals surface area contributed by atoms with Gasteiger partial charge in [-0.25, -0.2) is 0 Å². The average Bonchev–Trinajstić information content (AvgIpc) is 2.87. The zero-order valence-electron chi connectivity index (χ0n) is 13.7. The van der Waals surface area contributed by atoms with E-state index < -0.39 is 6.10 Å². The van der Waals surface area contributed by atoms with E-state index in [-0.39, 0.29) is 31.5 Å². The number of hydrogen-bond donors (Lipinski definition) is 2. The molecule has 0 saturated carbocycles. The summed E-state index contributed by atoms with van der Waals surface area (Å²) in [5, 5.41) is 19.7. The lowest BCUT2D eigenvalue weighted by Gasteiger charge is -2.28. The summed E-state index contributed by atoms with van der Waals surface area (Å²) >= 11 is 0. The second-order valence-electron chi connectivity index (χ2n) is 5.93. The van der Waals surface area contributed by atoms with E-state index in [1.54, 1.807) is 24.3 Å². The zero-order chi connectivity index (χ0) is 17.8. The second kappa shape index (κ2) is 7.46. The van der Waals surface area contributed by atoms with Crippen molar-refractivity contribution in [2.24, 2.45) is 0 Å². The Bertz CT molecular complexity index is 728. The number of carbonyl (C=O) groups is 2. The molecule has 130 valence electrons. The molecule has 1 aliphatic rings. The molecule has 0 aliphatic carbocycles. The van der Waals surface area contributed by atoms with E-state index in [4.69, 9.17) is 0 Å². The van der Waals surface area contributed by atoms with Gasteiger partial charge in [0.1, 0.15) is 0 Å². The van der Waals surface area contributed by atoms with Crippen molar-refractivity contribution >= 4 is 17.5 Å². The molecule has 0 radical (unpaired) electrons. The van der Waals surface area contributed by atoms with Gasteiger partial charge in [0.2, 0.25) is 0 Å². The molecule has 2 amide bonds. The first-order valence-electron chi connectivity index (χ1n) is 8.16. The number of nitrogens with zero attached hydrogens (tertiary/aromatic N) is 2. The van der Waals surface area contributed by atoms with Crippen molar-refractivity contribution in [1.29, 1.82) is 0 Å². The molecule has 0 fully saturated rings. The molecule has 25 heavy (non-hydrogen) atoms. The van der Waals surface area contributed by atoms with E-state index in [0.717, 1.165) is 10.6 Å². The minimum atomic E-state index is -0.922. The number of carbonyl (C=O) groups excluding carboxylic acids is 2. The standard InChI is InChI=1S/C19H20N2O4/c22-11-10-20(14-6-2-1-3-7-14)12-15(23)13-21-18(24)16-8-4-5-9-17(16)19(21)25/h1-9,15,22-23H,10-13H2. The molecular weight excluding hydrogens is 320 g/mol. The van der Waals surface area contributed by atoms with Crippen LogP contribution in [-0.2, 0) is 0 Å². The number of imide groups is 1. The van der Waals surface area contributed by atoms with Crippen LogP contribution in [0.4, 0.5) is 5.69 Å². The van der Waals surface area contributed by atoms with Crippen LogP contribution in [0.1, 0.15) is 20.7 Å². The number of anilines is 1. The first-order chi connectivity index (χ1) is 12.1. The molecular formula is C19H20N2O4. The highest BCUT2D eigenvalue weighted by molar-refractivity contribution is 6.21. The predicted octanol–water partition coefficient (Wildman–Crippen LogP) is 1.14. The van der Waals surface area contributed by atoms with Gasteiger partial charge in [0.25, 0.3) is 11.8 Å². The number of rotatable bonds is 7. The third-order valence-electron chi connectivity index (χ3n) is 4.19. The zero-order valence-corrected chi connectivity index (χ0v) is 13.7. The van der Waals surface area contributed by atoms with E-state index in [1.165, 1.54) is 0 Å². The number of benzene rings is 2. The number of hydrogen-bond acceptors (Lipinski definition) is 5. The van der Waals surface area contributed by atoms with Crippen LogP contribution in [0.5, 0.6) is 0 Å². The summed E-state index contributed by atoms with van der Waals surface area (Å²) in [6, 6.07) is 16.0. The van der Waals surface area contributed by atoms with Gasteiger partial charge in [-0.1, -0.05) is 30.3 Å². The fraction of sp³-hybridized carbons (Fsp3) is 0.263. The summed E-state index contributed by atoms with van der Waals surface area (Å²) in [6.45, 7) is 0.414. The predicted molar refractivity (Wildman–Crippen MR) is 93.6 cm³/mol. The van der Waals surface area contributed by atoms with Crippen molar-refractivity contribution in [2.75, 3.05) is 31.1 Å². The van der Waals surface area contributed by atoms with Crippen molar-refractivity contribution in [3.8, 4) is 0 Å². The summed E-state index contributed by atoms with van der Waals surface area (Å²) in [5.41, 5.74) is 1.60. The van der Waals surface area contributed by atoms with Crippen molar-refractivity contribution in [2.45, 2.75) is 6.10 Å². The van der Waals surface area contributed by atoms with Crippen LogP contribution in [0, 0.1) is 0 Å². The molecule has 1 unspecified atom stereocenters. The molecule has 2 aromatic rings. The Labute approximate surface area is 145 Å². The maximum Gasteiger partial charge on any atom is 0.261 e. The van der Waals surface area contributed by atoms with Crippen LogP contribution >= 0.6 is 0 Å². The first kappa shape index (κ1) is 17.1. The van der Waals surface area contributed by atoms with Gasteiger partial charge in [-0.2, -0.15) is 0 Å². The highest BCUT2D eigenvalue weighted by Gasteiger charge is 2.36. The Morgan fingerprint density at radius 3 is 2.04 bits per heavy atom. The Morgan fingerprint density at radius 2 is 1.48 bits per heavy atom. The van der Waals surface area contributed by atoms with Crippen LogP contribution in [-0.4, -0.2) is 59.3 Å². The molecule has 2 N–H and O–H groups in total. The minimum Gasteiger partial charge on any atom is -0.395 e. The number of amides is 2. The molecule has 1 atom stereocenters. The van der Waals surface area contributed by atoms with Crippen LogP contribution < -0.4 is 4.90 Å². The van der Waals surface area contributed by atoms with Gasteiger partial charge in [-0.05, 0) is 24.3 Å². The van der Waals surface area contributed by atoms with Gasteiger partial charge >= 0.3 is 0 Å². The lowest BCUT2D eigenvalue weighted by atomic mass is 10.1. The largest absolute Gasteiger partial charge is 0.395 e. The van der Waals surface area contributed by atoms with E-state index in [2.05, 4.69) is 0 Å². The SMILES string of the molecule is O=C1c2ccccc2C(=O)N1CC(O)CN(CCO)c1ccccc1. The number of para-hydroxylation sites is 1. The van der Waals surface area contributed by atoms with Crippen molar-refractivity contribution in [3.63, 3.8) is 0 Å². The van der Waals surface area contributed by atoms with E-state index in [9.17, 15) is 19.8 Å². The summed E-state index contributed by atoms with van der Waals surface area (Å²) in [4.78, 5) is 27.6. The van der Waals surface area contributed by atoms with E-state index >= 15 is 0 Å². The van der Waals surface area contributed by atoms with E-state index in [1.807, 2.05) is 35.2 Å². The molecule has 3 rings (SSSR count). The van der Waals surface area contributed by atoms with Crippen molar-refractivity contribution in [1.82, 2.24) is 4.90 Å². The fourth-order valence-electron chi connectivity index (χ4n) is 3.01. The molecule has 6 nitrogen and oxygen atoms in total.